The average Bonchev–Trinajstić information content (AvgIpc) is 2.12. The zero-order chi connectivity index (χ0) is 10.0. The summed E-state index contributed by atoms with van der Waals surface area (Å²) in [5, 5.41) is 0. The van der Waals surface area contributed by atoms with Gasteiger partial charge >= 0.3 is 5.97 Å². The number of rotatable bonds is 1. The van der Waals surface area contributed by atoms with E-state index in [-0.39, 0.29) is 0 Å². The Morgan fingerprint density at radius 2 is 2.23 bits per heavy atom. The highest BCUT2D eigenvalue weighted by Gasteiger charge is 2.15. The monoisotopic (exact) mass is 355 g/mol. The van der Waals surface area contributed by atoms with Crippen molar-refractivity contribution in [3.8, 4) is 0 Å². The van der Waals surface area contributed by atoms with Crippen LogP contribution in [-0.2, 0) is 4.74 Å². The van der Waals surface area contributed by atoms with Crippen LogP contribution in [0.3, 0.4) is 0 Å². The Labute approximate surface area is 97.9 Å². The molecule has 0 aliphatic carbocycles. The highest BCUT2D eigenvalue weighted by atomic mass is 127. The van der Waals surface area contributed by atoms with Crippen molar-refractivity contribution in [3.63, 3.8) is 0 Å². The van der Waals surface area contributed by atoms with Gasteiger partial charge in [-0.15, -0.1) is 0 Å². The molecule has 0 unspecified atom stereocenters. The molecule has 0 aromatic heterocycles. The highest BCUT2D eigenvalue weighted by Crippen LogP contribution is 2.27. The fourth-order valence-corrected chi connectivity index (χ4v) is 1.92. The number of hydrogen-bond donors (Lipinski definition) is 1. The van der Waals surface area contributed by atoms with Gasteiger partial charge in [-0.25, -0.2) is 4.79 Å². The molecular weight excluding hydrogens is 349 g/mol. The predicted molar refractivity (Wildman–Crippen MR) is 62.6 cm³/mol. The van der Waals surface area contributed by atoms with Gasteiger partial charge in [0.2, 0.25) is 0 Å². The third-order valence-electron chi connectivity index (χ3n) is 1.52. The summed E-state index contributed by atoms with van der Waals surface area (Å²) in [6.45, 7) is 0. The molecule has 0 saturated carbocycles. The van der Waals surface area contributed by atoms with E-state index >= 15 is 0 Å². The molecule has 2 N–H and O–H groups in total. The standard InChI is InChI=1S/C8H7BrINO2/c1-13-8(12)6-5(11)3-2-4(9)7(6)10/h2-3H,11H2,1H3. The van der Waals surface area contributed by atoms with Gasteiger partial charge in [-0.2, -0.15) is 0 Å². The Kier molecular flexibility index (Phi) is 3.55. The second kappa shape index (κ2) is 4.28. The maximum atomic E-state index is 11.3. The number of methoxy groups -OCH3 is 1. The van der Waals surface area contributed by atoms with Crippen LogP contribution in [0.1, 0.15) is 10.4 Å². The number of carbonyl (C=O) groups is 1. The summed E-state index contributed by atoms with van der Waals surface area (Å²) in [5.41, 5.74) is 6.48. The predicted octanol–water partition coefficient (Wildman–Crippen LogP) is 2.42. The van der Waals surface area contributed by atoms with E-state index in [1.165, 1.54) is 7.11 Å². The van der Waals surface area contributed by atoms with Crippen molar-refractivity contribution in [2.45, 2.75) is 0 Å². The van der Waals surface area contributed by atoms with E-state index in [2.05, 4.69) is 20.7 Å². The van der Waals surface area contributed by atoms with Crippen LogP contribution in [0.2, 0.25) is 0 Å². The maximum Gasteiger partial charge on any atom is 0.341 e. The molecule has 70 valence electrons. The quantitative estimate of drug-likeness (QED) is 0.478. The molecule has 1 aromatic rings. The molecule has 0 amide bonds. The number of nitrogen functional groups attached to an aromatic ring is 1. The molecule has 0 fully saturated rings. The molecule has 1 rings (SSSR count). The summed E-state index contributed by atoms with van der Waals surface area (Å²) in [4.78, 5) is 11.3. The van der Waals surface area contributed by atoms with Crippen molar-refractivity contribution in [2.24, 2.45) is 0 Å². The van der Waals surface area contributed by atoms with E-state index in [0.29, 0.717) is 11.3 Å². The first-order valence-electron chi connectivity index (χ1n) is 3.39. The molecule has 5 heteroatoms. The summed E-state index contributed by atoms with van der Waals surface area (Å²) in [6, 6.07) is 3.46. The van der Waals surface area contributed by atoms with Crippen molar-refractivity contribution in [1.82, 2.24) is 0 Å². The highest BCUT2D eigenvalue weighted by molar-refractivity contribution is 14.1. The number of esters is 1. The number of anilines is 1. The van der Waals surface area contributed by atoms with E-state index in [1.54, 1.807) is 12.1 Å². The van der Waals surface area contributed by atoms with E-state index in [9.17, 15) is 4.79 Å². The maximum absolute atomic E-state index is 11.3. The van der Waals surface area contributed by atoms with Crippen LogP contribution in [0.25, 0.3) is 0 Å². The van der Waals surface area contributed by atoms with Crippen molar-refractivity contribution in [1.29, 1.82) is 0 Å². The van der Waals surface area contributed by atoms with Gasteiger partial charge in [-0.3, -0.25) is 0 Å². The van der Waals surface area contributed by atoms with Crippen LogP contribution in [0.4, 0.5) is 5.69 Å². The lowest BCUT2D eigenvalue weighted by Gasteiger charge is -2.07. The minimum absolute atomic E-state index is 0.414. The number of carbonyl (C=O) groups excluding carboxylic acids is 1. The van der Waals surface area contributed by atoms with Gasteiger partial charge in [-0.05, 0) is 50.7 Å². The molecule has 0 spiro atoms. The Bertz CT molecular complexity index is 354. The molecule has 0 aliphatic rings. The van der Waals surface area contributed by atoms with E-state index in [0.717, 1.165) is 8.04 Å². The number of halogens is 2. The molecule has 0 heterocycles. The third kappa shape index (κ3) is 2.14. The minimum atomic E-state index is -0.414. The molecule has 0 radical (unpaired) electrons. The first-order valence-corrected chi connectivity index (χ1v) is 5.27. The summed E-state index contributed by atoms with van der Waals surface area (Å²) < 4.78 is 6.21. The average molecular weight is 356 g/mol. The molecule has 0 saturated heterocycles. The second-order valence-corrected chi connectivity index (χ2v) is 4.25. The zero-order valence-electron chi connectivity index (χ0n) is 6.80. The Morgan fingerprint density at radius 1 is 1.62 bits per heavy atom. The third-order valence-corrected chi connectivity index (χ3v) is 4.04. The Morgan fingerprint density at radius 3 is 2.77 bits per heavy atom. The molecular formula is C8H7BrINO2. The van der Waals surface area contributed by atoms with Gasteiger partial charge in [0.05, 0.1) is 12.7 Å². The van der Waals surface area contributed by atoms with Crippen molar-refractivity contribution in [2.75, 3.05) is 12.8 Å². The second-order valence-electron chi connectivity index (χ2n) is 2.32. The number of benzene rings is 1. The lowest BCUT2D eigenvalue weighted by Crippen LogP contribution is -2.08. The molecule has 0 atom stereocenters. The smallest absolute Gasteiger partial charge is 0.341 e. The van der Waals surface area contributed by atoms with Gasteiger partial charge < -0.3 is 10.5 Å². The fourth-order valence-electron chi connectivity index (χ4n) is 0.875. The van der Waals surface area contributed by atoms with Gasteiger partial charge in [-0.1, -0.05) is 0 Å². The Hall–Kier alpha value is -0.300. The fraction of sp³-hybridized carbons (Fsp3) is 0.125. The lowest BCUT2D eigenvalue weighted by molar-refractivity contribution is 0.0600. The van der Waals surface area contributed by atoms with Crippen LogP contribution < -0.4 is 5.73 Å². The zero-order valence-corrected chi connectivity index (χ0v) is 10.5. The first kappa shape index (κ1) is 10.8. The van der Waals surface area contributed by atoms with Crippen molar-refractivity contribution in [3.05, 3.63) is 25.7 Å². The van der Waals surface area contributed by atoms with E-state index in [4.69, 9.17) is 5.73 Å². The molecule has 0 bridgehead atoms. The van der Waals surface area contributed by atoms with E-state index in [1.807, 2.05) is 22.6 Å². The van der Waals surface area contributed by atoms with Gasteiger partial charge in [0.1, 0.15) is 0 Å². The van der Waals surface area contributed by atoms with Crippen LogP contribution in [0, 0.1) is 3.57 Å². The van der Waals surface area contributed by atoms with Gasteiger partial charge in [0.25, 0.3) is 0 Å². The molecule has 0 aliphatic heterocycles. The largest absolute Gasteiger partial charge is 0.465 e. The van der Waals surface area contributed by atoms with Crippen LogP contribution in [-0.4, -0.2) is 13.1 Å². The van der Waals surface area contributed by atoms with Crippen molar-refractivity contribution < 1.29 is 9.53 Å². The summed E-state index contributed by atoms with van der Waals surface area (Å²) in [6.07, 6.45) is 0. The van der Waals surface area contributed by atoms with Gasteiger partial charge in [0.15, 0.2) is 0 Å². The Balaban J connectivity index is 3.33. The molecule has 1 aromatic carbocycles. The molecule has 13 heavy (non-hydrogen) atoms. The number of hydrogen-bond acceptors (Lipinski definition) is 3. The summed E-state index contributed by atoms with van der Waals surface area (Å²) >= 11 is 5.35. The normalized spacial score (nSPS) is 9.77. The van der Waals surface area contributed by atoms with Crippen LogP contribution >= 0.6 is 38.5 Å². The molecule has 3 nitrogen and oxygen atoms in total. The first-order chi connectivity index (χ1) is 6.07. The van der Waals surface area contributed by atoms with E-state index < -0.39 is 5.97 Å². The van der Waals surface area contributed by atoms with Gasteiger partial charge in [0, 0.05) is 13.7 Å². The topological polar surface area (TPSA) is 52.3 Å². The minimum Gasteiger partial charge on any atom is -0.465 e. The van der Waals surface area contributed by atoms with Crippen LogP contribution in [0.5, 0.6) is 0 Å². The summed E-state index contributed by atoms with van der Waals surface area (Å²) in [7, 11) is 1.33. The number of ether oxygens (including phenoxy) is 1. The summed E-state index contributed by atoms with van der Waals surface area (Å²) in [5.74, 6) is -0.414. The number of nitrogens with two attached hydrogens (primary N) is 1. The van der Waals surface area contributed by atoms with Crippen molar-refractivity contribution >= 4 is 50.2 Å². The van der Waals surface area contributed by atoms with Crippen LogP contribution in [0.15, 0.2) is 16.6 Å². The lowest BCUT2D eigenvalue weighted by atomic mass is 10.2. The SMILES string of the molecule is COC(=O)c1c(N)ccc(Br)c1I.